The lowest BCUT2D eigenvalue weighted by atomic mass is 9.92. The molecule has 2 aliphatic rings. The van der Waals surface area contributed by atoms with Gasteiger partial charge in [-0.3, -0.25) is 14.9 Å². The number of halogens is 1. The summed E-state index contributed by atoms with van der Waals surface area (Å²) in [7, 11) is -3.50. The fourth-order valence-electron chi connectivity index (χ4n) is 3.66. The maximum Gasteiger partial charge on any atom is 0.229 e. The van der Waals surface area contributed by atoms with Gasteiger partial charge in [-0.2, -0.15) is 0 Å². The number of hydrogen-bond acceptors (Lipinski definition) is 5. The number of benzene rings is 1. The first-order chi connectivity index (χ1) is 14.7. The predicted molar refractivity (Wildman–Crippen MR) is 114 cm³/mol. The number of amides is 2. The van der Waals surface area contributed by atoms with E-state index in [1.807, 2.05) is 0 Å². The third-order valence-electron chi connectivity index (χ3n) is 5.80. The minimum Gasteiger partial charge on any atom is -0.490 e. The topological polar surface area (TPSA) is 102 Å². The standard InChI is InChI=1S/C22H31FN2O5S/c1-15(18-8-10-19(23)20(13-18)30-14-16-6-7-16)25-31(28,29)12-4-2-3-5-17-9-11-21(26)24-22(17)27/h8,10,13,15-17,25H,2-7,9,11-12,14H2,1H3,(H,24,26,27)/t15-,17?/m1/s1. The van der Waals surface area contributed by atoms with Crippen LogP contribution in [0.3, 0.4) is 0 Å². The summed E-state index contributed by atoms with van der Waals surface area (Å²) < 4.78 is 47.0. The Labute approximate surface area is 183 Å². The Kier molecular flexibility index (Phi) is 8.05. The van der Waals surface area contributed by atoms with Gasteiger partial charge in [0.1, 0.15) is 0 Å². The summed E-state index contributed by atoms with van der Waals surface area (Å²) in [4.78, 5) is 22.9. The van der Waals surface area contributed by atoms with E-state index in [1.54, 1.807) is 19.1 Å². The lowest BCUT2D eigenvalue weighted by Gasteiger charge is -2.20. The molecule has 9 heteroatoms. The molecule has 1 unspecified atom stereocenters. The van der Waals surface area contributed by atoms with Crippen LogP contribution < -0.4 is 14.8 Å². The molecule has 31 heavy (non-hydrogen) atoms. The maximum atomic E-state index is 14.0. The molecule has 7 nitrogen and oxygen atoms in total. The van der Waals surface area contributed by atoms with Crippen molar-refractivity contribution in [3.8, 4) is 5.75 Å². The van der Waals surface area contributed by atoms with Crippen LogP contribution in [0.25, 0.3) is 0 Å². The molecule has 1 aromatic rings. The minimum atomic E-state index is -3.50. The van der Waals surface area contributed by atoms with E-state index in [1.165, 1.54) is 6.07 Å². The van der Waals surface area contributed by atoms with E-state index in [9.17, 15) is 22.4 Å². The Morgan fingerprint density at radius 1 is 1.19 bits per heavy atom. The van der Waals surface area contributed by atoms with Gasteiger partial charge in [0.2, 0.25) is 21.8 Å². The summed E-state index contributed by atoms with van der Waals surface area (Å²) in [6.07, 6.45) is 5.68. The maximum absolute atomic E-state index is 14.0. The van der Waals surface area contributed by atoms with Gasteiger partial charge in [0.15, 0.2) is 11.6 Å². The van der Waals surface area contributed by atoms with Crippen LogP contribution in [0.15, 0.2) is 18.2 Å². The van der Waals surface area contributed by atoms with Crippen molar-refractivity contribution in [2.24, 2.45) is 11.8 Å². The van der Waals surface area contributed by atoms with Gasteiger partial charge >= 0.3 is 0 Å². The van der Waals surface area contributed by atoms with Crippen molar-refractivity contribution in [2.45, 2.75) is 64.3 Å². The molecule has 1 aliphatic heterocycles. The Hall–Kier alpha value is -2.00. The van der Waals surface area contributed by atoms with Crippen molar-refractivity contribution < 1.29 is 27.1 Å². The first-order valence-electron chi connectivity index (χ1n) is 11.0. The Morgan fingerprint density at radius 2 is 1.97 bits per heavy atom. The van der Waals surface area contributed by atoms with Gasteiger partial charge in [-0.25, -0.2) is 17.5 Å². The SMILES string of the molecule is C[C@@H](NS(=O)(=O)CCCCCC1CCC(=O)NC1=O)c1ccc(F)c(OCC2CC2)c1. The summed E-state index contributed by atoms with van der Waals surface area (Å²) in [6, 6.07) is 3.92. The van der Waals surface area contributed by atoms with Crippen LogP contribution in [0, 0.1) is 17.7 Å². The number of hydrogen-bond donors (Lipinski definition) is 2. The molecule has 0 bridgehead atoms. The number of carbonyl (C=O) groups excluding carboxylic acids is 2. The molecule has 2 N–H and O–H groups in total. The molecule has 2 atom stereocenters. The summed E-state index contributed by atoms with van der Waals surface area (Å²) in [6.45, 7) is 2.21. The number of carbonyl (C=O) groups is 2. The first-order valence-corrected chi connectivity index (χ1v) is 12.6. The van der Waals surface area contributed by atoms with Crippen molar-refractivity contribution >= 4 is 21.8 Å². The van der Waals surface area contributed by atoms with E-state index in [0.717, 1.165) is 19.3 Å². The van der Waals surface area contributed by atoms with Crippen molar-refractivity contribution in [2.75, 3.05) is 12.4 Å². The smallest absolute Gasteiger partial charge is 0.229 e. The average Bonchev–Trinajstić information content (AvgIpc) is 3.52. The summed E-state index contributed by atoms with van der Waals surface area (Å²) in [5.74, 6) is -0.427. The second-order valence-electron chi connectivity index (χ2n) is 8.60. The van der Waals surface area contributed by atoms with Crippen molar-refractivity contribution in [1.82, 2.24) is 10.0 Å². The fourth-order valence-corrected chi connectivity index (χ4v) is 5.04. The third-order valence-corrected chi connectivity index (χ3v) is 7.34. The molecule has 172 valence electrons. The molecule has 1 saturated carbocycles. The van der Waals surface area contributed by atoms with E-state index < -0.39 is 21.9 Å². The van der Waals surface area contributed by atoms with Gasteiger partial charge in [-0.1, -0.05) is 18.9 Å². The van der Waals surface area contributed by atoms with Crippen molar-refractivity contribution in [3.63, 3.8) is 0 Å². The molecule has 0 radical (unpaired) electrons. The van der Waals surface area contributed by atoms with Gasteiger partial charge in [0.25, 0.3) is 0 Å². The molecule has 2 fully saturated rings. The van der Waals surface area contributed by atoms with Crippen molar-refractivity contribution in [3.05, 3.63) is 29.6 Å². The number of piperidine rings is 1. The molecular weight excluding hydrogens is 423 g/mol. The van der Waals surface area contributed by atoms with Crippen LogP contribution in [-0.4, -0.2) is 32.6 Å². The highest BCUT2D eigenvalue weighted by Crippen LogP contribution is 2.31. The molecule has 3 rings (SSSR count). The van der Waals surface area contributed by atoms with Gasteiger partial charge in [-0.05, 0) is 62.6 Å². The first kappa shape index (κ1) is 23.7. The Morgan fingerprint density at radius 3 is 2.68 bits per heavy atom. The van der Waals surface area contributed by atoms with Crippen LogP contribution in [-0.2, 0) is 19.6 Å². The van der Waals surface area contributed by atoms with Crippen LogP contribution >= 0.6 is 0 Å². The second-order valence-corrected chi connectivity index (χ2v) is 10.5. The quantitative estimate of drug-likeness (QED) is 0.373. The number of nitrogens with one attached hydrogen (secondary N) is 2. The summed E-state index contributed by atoms with van der Waals surface area (Å²) >= 11 is 0. The van der Waals surface area contributed by atoms with E-state index >= 15 is 0 Å². The van der Waals surface area contributed by atoms with Crippen LogP contribution in [0.4, 0.5) is 4.39 Å². The highest BCUT2D eigenvalue weighted by molar-refractivity contribution is 7.89. The molecule has 0 aromatic heterocycles. The Bertz CT molecular complexity index is 901. The minimum absolute atomic E-state index is 0.0150. The van der Waals surface area contributed by atoms with Gasteiger partial charge < -0.3 is 4.74 Å². The van der Waals surface area contributed by atoms with Gasteiger partial charge in [-0.15, -0.1) is 0 Å². The number of unbranched alkanes of at least 4 members (excludes halogenated alkanes) is 2. The zero-order valence-corrected chi connectivity index (χ0v) is 18.7. The average molecular weight is 455 g/mol. The van der Waals surface area contributed by atoms with Crippen LogP contribution in [0.2, 0.25) is 0 Å². The number of imide groups is 1. The molecular formula is C22H31FN2O5S. The zero-order chi connectivity index (χ0) is 22.4. The lowest BCUT2D eigenvalue weighted by molar-refractivity contribution is -0.136. The van der Waals surface area contributed by atoms with E-state index in [0.29, 0.717) is 50.2 Å². The van der Waals surface area contributed by atoms with Crippen LogP contribution in [0.1, 0.15) is 69.9 Å². The molecule has 1 saturated heterocycles. The Balaban J connectivity index is 1.40. The monoisotopic (exact) mass is 454 g/mol. The fraction of sp³-hybridized carbons (Fsp3) is 0.636. The highest BCUT2D eigenvalue weighted by Gasteiger charge is 2.26. The predicted octanol–water partition coefficient (Wildman–Crippen LogP) is 3.21. The molecule has 1 heterocycles. The zero-order valence-electron chi connectivity index (χ0n) is 17.9. The number of ether oxygens (including phenoxy) is 1. The number of sulfonamides is 1. The normalized spacial score (nSPS) is 20.4. The highest BCUT2D eigenvalue weighted by atomic mass is 32.2. The third kappa shape index (κ3) is 7.57. The van der Waals surface area contributed by atoms with Gasteiger partial charge in [0, 0.05) is 18.4 Å². The van der Waals surface area contributed by atoms with Crippen molar-refractivity contribution in [1.29, 1.82) is 0 Å². The molecule has 1 aromatic carbocycles. The van der Waals surface area contributed by atoms with E-state index in [2.05, 4.69) is 10.0 Å². The summed E-state index contributed by atoms with van der Waals surface area (Å²) in [5.41, 5.74) is 0.647. The van der Waals surface area contributed by atoms with Gasteiger partial charge in [0.05, 0.1) is 12.4 Å². The number of rotatable bonds is 12. The van der Waals surface area contributed by atoms with Crippen LogP contribution in [0.5, 0.6) is 5.75 Å². The summed E-state index contributed by atoms with van der Waals surface area (Å²) in [5, 5.41) is 2.34. The van der Waals surface area contributed by atoms with E-state index in [4.69, 9.17) is 4.74 Å². The largest absolute Gasteiger partial charge is 0.490 e. The van der Waals surface area contributed by atoms with E-state index in [-0.39, 0.29) is 29.2 Å². The molecule has 2 amide bonds. The second kappa shape index (κ2) is 10.5. The molecule has 0 spiro atoms. The lowest BCUT2D eigenvalue weighted by Crippen LogP contribution is -2.40. The molecule has 1 aliphatic carbocycles.